The Bertz CT molecular complexity index is 1100. The summed E-state index contributed by atoms with van der Waals surface area (Å²) in [6.07, 6.45) is -3.75. The summed E-state index contributed by atoms with van der Waals surface area (Å²) in [6, 6.07) is 9.37. The third kappa shape index (κ3) is 3.63. The Hall–Kier alpha value is -3.49. The van der Waals surface area contributed by atoms with Crippen molar-refractivity contribution in [2.45, 2.75) is 12.9 Å². The second-order valence-corrected chi connectivity index (χ2v) is 6.24. The van der Waals surface area contributed by atoms with E-state index in [1.54, 1.807) is 0 Å². The van der Waals surface area contributed by atoms with Crippen LogP contribution in [0.1, 0.15) is 15.9 Å². The summed E-state index contributed by atoms with van der Waals surface area (Å²) < 4.78 is 69.0. The summed E-state index contributed by atoms with van der Waals surface area (Å²) in [5, 5.41) is 0. The first-order valence-electron chi connectivity index (χ1n) is 8.34. The van der Waals surface area contributed by atoms with E-state index in [4.69, 9.17) is 0 Å². The molecule has 1 amide bonds. The number of alkyl halides is 3. The average Bonchev–Trinajstić information content (AvgIpc) is 2.98. The van der Waals surface area contributed by atoms with Gasteiger partial charge in [0, 0.05) is 34.6 Å². The van der Waals surface area contributed by atoms with Crippen LogP contribution in [0.15, 0.2) is 54.7 Å². The Morgan fingerprint density at radius 3 is 2.31 bits per heavy atom. The minimum absolute atomic E-state index is 0.00576. The minimum Gasteiger partial charge on any atom is -0.405 e. The molecule has 1 aromatic heterocycles. The molecule has 0 bridgehead atoms. The summed E-state index contributed by atoms with van der Waals surface area (Å²) >= 11 is 0. The van der Waals surface area contributed by atoms with Crippen LogP contribution in [0.5, 0.6) is 5.75 Å². The number of pyridine rings is 1. The smallest absolute Gasteiger partial charge is 0.405 e. The Morgan fingerprint density at radius 1 is 0.931 bits per heavy atom. The highest BCUT2D eigenvalue weighted by Gasteiger charge is 2.35. The molecule has 0 radical (unpaired) electrons. The molecule has 2 aromatic carbocycles. The number of nitrogens with zero attached hydrogens (tertiary/aromatic N) is 2. The minimum atomic E-state index is -5.03. The Morgan fingerprint density at radius 2 is 1.62 bits per heavy atom. The molecule has 3 aromatic rings. The molecule has 2 heterocycles. The van der Waals surface area contributed by atoms with Crippen molar-refractivity contribution in [1.29, 1.82) is 0 Å². The quantitative estimate of drug-likeness (QED) is 0.570. The number of hydrogen-bond donors (Lipinski definition) is 0. The van der Waals surface area contributed by atoms with E-state index < -0.39 is 29.7 Å². The van der Waals surface area contributed by atoms with Crippen molar-refractivity contribution in [1.82, 2.24) is 4.98 Å². The van der Waals surface area contributed by atoms with Gasteiger partial charge in [-0.2, -0.15) is 0 Å². The SMILES string of the molecule is O=C1c2ccnc(-c3ccc(F)cc3OC(F)(F)F)c2CN1c1ccc(F)cc1. The predicted octanol–water partition coefficient (Wildman–Crippen LogP) is 5.09. The molecule has 0 saturated heterocycles. The van der Waals surface area contributed by atoms with Crippen molar-refractivity contribution in [3.8, 4) is 17.0 Å². The Labute approximate surface area is 161 Å². The number of anilines is 1. The Kier molecular flexibility index (Phi) is 4.45. The number of halogens is 5. The van der Waals surface area contributed by atoms with Gasteiger partial charge < -0.3 is 9.64 Å². The number of carbonyl (C=O) groups excluding carboxylic acids is 1. The van der Waals surface area contributed by atoms with E-state index in [2.05, 4.69) is 9.72 Å². The zero-order chi connectivity index (χ0) is 20.8. The topological polar surface area (TPSA) is 42.4 Å². The number of fused-ring (bicyclic) bond motifs is 1. The van der Waals surface area contributed by atoms with Gasteiger partial charge in [-0.15, -0.1) is 13.2 Å². The largest absolute Gasteiger partial charge is 0.573 e. The summed E-state index contributed by atoms with van der Waals surface area (Å²) in [4.78, 5) is 18.2. The molecule has 0 aliphatic carbocycles. The summed E-state index contributed by atoms with van der Waals surface area (Å²) in [5.41, 5.74) is 0.987. The van der Waals surface area contributed by atoms with E-state index in [0.29, 0.717) is 17.3 Å². The fraction of sp³-hybridized carbons (Fsp3) is 0.100. The van der Waals surface area contributed by atoms with Gasteiger partial charge in [0.2, 0.25) is 0 Å². The van der Waals surface area contributed by atoms with Gasteiger partial charge in [0.05, 0.1) is 12.2 Å². The molecule has 1 aliphatic heterocycles. The van der Waals surface area contributed by atoms with Crippen molar-refractivity contribution in [2.24, 2.45) is 0 Å². The summed E-state index contributed by atoms with van der Waals surface area (Å²) in [7, 11) is 0. The van der Waals surface area contributed by atoms with E-state index in [-0.39, 0.29) is 23.4 Å². The van der Waals surface area contributed by atoms with Crippen LogP contribution >= 0.6 is 0 Å². The van der Waals surface area contributed by atoms with Crippen molar-refractivity contribution in [3.63, 3.8) is 0 Å². The Balaban J connectivity index is 1.79. The zero-order valence-electron chi connectivity index (χ0n) is 14.5. The maximum absolute atomic E-state index is 13.5. The fourth-order valence-electron chi connectivity index (χ4n) is 3.19. The molecule has 0 fully saturated rings. The molecule has 4 nitrogen and oxygen atoms in total. The maximum atomic E-state index is 13.5. The molecule has 148 valence electrons. The van der Waals surface area contributed by atoms with Gasteiger partial charge >= 0.3 is 6.36 Å². The third-order valence-electron chi connectivity index (χ3n) is 4.41. The number of carbonyl (C=O) groups is 1. The summed E-state index contributed by atoms with van der Waals surface area (Å²) in [6.45, 7) is 0.00576. The fourth-order valence-corrected chi connectivity index (χ4v) is 3.19. The molecule has 29 heavy (non-hydrogen) atoms. The molecule has 0 N–H and O–H groups in total. The molecule has 0 spiro atoms. The highest BCUT2D eigenvalue weighted by Crippen LogP contribution is 2.39. The molecular weight excluding hydrogens is 395 g/mol. The first kappa shape index (κ1) is 18.9. The van der Waals surface area contributed by atoms with Gasteiger partial charge in [0.25, 0.3) is 5.91 Å². The molecule has 0 saturated carbocycles. The van der Waals surface area contributed by atoms with Crippen LogP contribution in [0.2, 0.25) is 0 Å². The molecule has 9 heteroatoms. The van der Waals surface area contributed by atoms with E-state index >= 15 is 0 Å². The van der Waals surface area contributed by atoms with Crippen LogP contribution in [0.3, 0.4) is 0 Å². The lowest BCUT2D eigenvalue weighted by atomic mass is 10.0. The van der Waals surface area contributed by atoms with Crippen molar-refractivity contribution >= 4 is 11.6 Å². The number of hydrogen-bond acceptors (Lipinski definition) is 3. The molecule has 0 atom stereocenters. The number of rotatable bonds is 3. The lowest BCUT2D eigenvalue weighted by molar-refractivity contribution is -0.274. The monoisotopic (exact) mass is 406 g/mol. The van der Waals surface area contributed by atoms with Crippen LogP contribution in [-0.2, 0) is 6.54 Å². The van der Waals surface area contributed by atoms with Crippen molar-refractivity contribution in [2.75, 3.05) is 4.90 Å². The highest BCUT2D eigenvalue weighted by molar-refractivity contribution is 6.11. The van der Waals surface area contributed by atoms with Crippen LogP contribution in [0.25, 0.3) is 11.3 Å². The maximum Gasteiger partial charge on any atom is 0.573 e. The standard InChI is InChI=1S/C20H11F5N2O2/c21-11-1-4-13(5-2-11)27-10-16-14(19(27)28)7-8-26-18(16)15-6-3-12(22)9-17(15)29-20(23,24)25/h1-9H,10H2. The number of amides is 1. The number of ether oxygens (including phenoxy) is 1. The van der Waals surface area contributed by atoms with Gasteiger partial charge in [0.15, 0.2) is 0 Å². The second kappa shape index (κ2) is 6.84. The van der Waals surface area contributed by atoms with Crippen LogP contribution in [0.4, 0.5) is 27.6 Å². The normalized spacial score (nSPS) is 13.6. The van der Waals surface area contributed by atoms with E-state index in [0.717, 1.165) is 12.1 Å². The number of benzene rings is 2. The van der Waals surface area contributed by atoms with Crippen LogP contribution in [-0.4, -0.2) is 17.3 Å². The van der Waals surface area contributed by atoms with Gasteiger partial charge in [-0.05, 0) is 42.5 Å². The van der Waals surface area contributed by atoms with E-state index in [9.17, 15) is 26.7 Å². The van der Waals surface area contributed by atoms with Crippen molar-refractivity contribution in [3.05, 3.63) is 77.5 Å². The van der Waals surface area contributed by atoms with Gasteiger partial charge in [-0.25, -0.2) is 8.78 Å². The molecule has 0 unspecified atom stereocenters. The highest BCUT2D eigenvalue weighted by atomic mass is 19.4. The first-order valence-corrected chi connectivity index (χ1v) is 8.34. The van der Waals surface area contributed by atoms with Gasteiger partial charge in [-0.1, -0.05) is 0 Å². The molecular formula is C20H11F5N2O2. The molecule has 1 aliphatic rings. The summed E-state index contributed by atoms with van der Waals surface area (Å²) in [5.74, 6) is -2.55. The zero-order valence-corrected chi connectivity index (χ0v) is 14.5. The average molecular weight is 406 g/mol. The van der Waals surface area contributed by atoms with Gasteiger partial charge in [-0.3, -0.25) is 9.78 Å². The van der Waals surface area contributed by atoms with Crippen LogP contribution in [0, 0.1) is 11.6 Å². The molecule has 4 rings (SSSR count). The van der Waals surface area contributed by atoms with Crippen molar-refractivity contribution < 1.29 is 31.5 Å². The number of aromatic nitrogens is 1. The van der Waals surface area contributed by atoms with E-state index in [1.165, 1.54) is 41.4 Å². The predicted molar refractivity (Wildman–Crippen MR) is 93.2 cm³/mol. The van der Waals surface area contributed by atoms with Crippen LogP contribution < -0.4 is 9.64 Å². The van der Waals surface area contributed by atoms with Gasteiger partial charge in [0.1, 0.15) is 17.4 Å². The first-order chi connectivity index (χ1) is 13.7. The van der Waals surface area contributed by atoms with E-state index in [1.807, 2.05) is 0 Å². The lowest BCUT2D eigenvalue weighted by Crippen LogP contribution is -2.22. The third-order valence-corrected chi connectivity index (χ3v) is 4.41. The lowest BCUT2D eigenvalue weighted by Gasteiger charge is -2.16. The second-order valence-electron chi connectivity index (χ2n) is 6.24.